The van der Waals surface area contributed by atoms with Gasteiger partial charge < -0.3 is 14.5 Å². The van der Waals surface area contributed by atoms with Crippen LogP contribution in [0.5, 0.6) is 0 Å². The van der Waals surface area contributed by atoms with Gasteiger partial charge in [-0.3, -0.25) is 14.8 Å². The van der Waals surface area contributed by atoms with Crippen LogP contribution in [0.25, 0.3) is 10.9 Å². The molecule has 31 heavy (non-hydrogen) atoms. The second kappa shape index (κ2) is 9.22. The normalized spacial score (nSPS) is 17.2. The number of rotatable bonds is 4. The van der Waals surface area contributed by atoms with E-state index < -0.39 is 0 Å². The molecule has 1 aromatic heterocycles. The second-order valence-corrected chi connectivity index (χ2v) is 8.56. The summed E-state index contributed by atoms with van der Waals surface area (Å²) < 4.78 is 5.25. The number of hydrogen-bond acceptors (Lipinski definition) is 5. The molecule has 0 spiro atoms. The standard InChI is InChI=1S/C23H27ClN4O3/c1-15(25-2)14-31-23(30)28-11-9-27(10-12-28)22(29)16-7-8-18-20(13-16)26-19-6-4-3-5-17(19)21(18)24/h7-8,13,15H,2-6,9-12,14H2,1H3. The summed E-state index contributed by atoms with van der Waals surface area (Å²) in [5.41, 5.74) is 3.57. The van der Waals surface area contributed by atoms with Gasteiger partial charge in [0, 0.05) is 42.8 Å². The minimum Gasteiger partial charge on any atom is -0.447 e. The van der Waals surface area contributed by atoms with Crippen molar-refractivity contribution in [1.82, 2.24) is 14.8 Å². The summed E-state index contributed by atoms with van der Waals surface area (Å²) in [7, 11) is 0. The highest BCUT2D eigenvalue weighted by Gasteiger charge is 2.26. The largest absolute Gasteiger partial charge is 0.447 e. The zero-order valence-electron chi connectivity index (χ0n) is 17.8. The molecule has 0 radical (unpaired) electrons. The lowest BCUT2D eigenvalue weighted by molar-refractivity contribution is 0.0552. The molecule has 164 valence electrons. The number of amides is 2. The van der Waals surface area contributed by atoms with Gasteiger partial charge in [0.25, 0.3) is 5.91 Å². The van der Waals surface area contributed by atoms with Crippen LogP contribution in [-0.4, -0.2) is 72.3 Å². The fraction of sp³-hybridized carbons (Fsp3) is 0.478. The number of ether oxygens (including phenoxy) is 1. The Labute approximate surface area is 187 Å². The van der Waals surface area contributed by atoms with Gasteiger partial charge in [-0.1, -0.05) is 17.7 Å². The third-order valence-corrected chi connectivity index (χ3v) is 6.46. The monoisotopic (exact) mass is 442 g/mol. The summed E-state index contributed by atoms with van der Waals surface area (Å²) in [6.45, 7) is 7.27. The number of pyridine rings is 1. The van der Waals surface area contributed by atoms with Crippen molar-refractivity contribution in [1.29, 1.82) is 0 Å². The molecule has 8 heteroatoms. The maximum absolute atomic E-state index is 13.1. The van der Waals surface area contributed by atoms with Crippen molar-refractivity contribution >= 4 is 41.2 Å². The highest BCUT2D eigenvalue weighted by Crippen LogP contribution is 2.33. The molecule has 1 fully saturated rings. The number of carbonyl (C=O) groups excluding carboxylic acids is 2. The first kappa shape index (κ1) is 21.6. The van der Waals surface area contributed by atoms with Crippen LogP contribution in [0.4, 0.5) is 4.79 Å². The molecule has 2 amide bonds. The Morgan fingerprint density at radius 3 is 2.65 bits per heavy atom. The molecule has 1 aliphatic carbocycles. The molecular formula is C23H27ClN4O3. The molecule has 0 N–H and O–H groups in total. The lowest BCUT2D eigenvalue weighted by atomic mass is 9.94. The van der Waals surface area contributed by atoms with Crippen LogP contribution < -0.4 is 0 Å². The van der Waals surface area contributed by atoms with Gasteiger partial charge in [0.15, 0.2) is 0 Å². The van der Waals surface area contributed by atoms with Crippen LogP contribution in [0, 0.1) is 0 Å². The van der Waals surface area contributed by atoms with Crippen molar-refractivity contribution in [2.24, 2.45) is 4.99 Å². The second-order valence-electron chi connectivity index (χ2n) is 8.18. The lowest BCUT2D eigenvalue weighted by Crippen LogP contribution is -2.50. The average molecular weight is 443 g/mol. The number of benzene rings is 1. The maximum atomic E-state index is 13.1. The SMILES string of the molecule is C=NC(C)COC(=O)N1CCN(C(=O)c2ccc3c(Cl)c4c(nc3c2)CCCC4)CC1. The van der Waals surface area contributed by atoms with Crippen LogP contribution in [-0.2, 0) is 17.6 Å². The summed E-state index contributed by atoms with van der Waals surface area (Å²) >= 11 is 6.65. The number of aromatic nitrogens is 1. The number of halogens is 1. The fourth-order valence-electron chi connectivity index (χ4n) is 4.11. The Morgan fingerprint density at radius 1 is 1.19 bits per heavy atom. The molecule has 1 aromatic carbocycles. The molecule has 1 unspecified atom stereocenters. The van der Waals surface area contributed by atoms with Crippen LogP contribution in [0.3, 0.4) is 0 Å². The molecule has 1 aliphatic heterocycles. The van der Waals surface area contributed by atoms with Gasteiger partial charge in [0.05, 0.1) is 16.6 Å². The molecular weight excluding hydrogens is 416 g/mol. The number of carbonyl (C=O) groups is 2. The van der Waals surface area contributed by atoms with Crippen molar-refractivity contribution in [2.45, 2.75) is 38.6 Å². The van der Waals surface area contributed by atoms with Gasteiger partial charge in [0.2, 0.25) is 0 Å². The highest BCUT2D eigenvalue weighted by atomic mass is 35.5. The average Bonchev–Trinajstić information content (AvgIpc) is 2.81. The summed E-state index contributed by atoms with van der Waals surface area (Å²) in [5, 5.41) is 1.67. The van der Waals surface area contributed by atoms with Crippen LogP contribution in [0.2, 0.25) is 5.02 Å². The molecule has 2 aliphatic rings. The van der Waals surface area contributed by atoms with Gasteiger partial charge in [0.1, 0.15) is 6.61 Å². The van der Waals surface area contributed by atoms with Crippen molar-refractivity contribution in [2.75, 3.05) is 32.8 Å². The van der Waals surface area contributed by atoms with E-state index in [1.807, 2.05) is 25.1 Å². The third kappa shape index (κ3) is 4.51. The molecule has 4 rings (SSSR count). The van der Waals surface area contributed by atoms with E-state index in [2.05, 4.69) is 11.7 Å². The Morgan fingerprint density at radius 2 is 1.90 bits per heavy atom. The number of nitrogens with zero attached hydrogens (tertiary/aromatic N) is 4. The molecule has 1 atom stereocenters. The smallest absolute Gasteiger partial charge is 0.409 e. The Hall–Kier alpha value is -2.67. The third-order valence-electron chi connectivity index (χ3n) is 6.02. The van der Waals surface area contributed by atoms with E-state index >= 15 is 0 Å². The predicted octanol–water partition coefficient (Wildman–Crippen LogP) is 3.75. The molecule has 0 saturated carbocycles. The summed E-state index contributed by atoms with van der Waals surface area (Å²) in [5.74, 6) is -0.0601. The maximum Gasteiger partial charge on any atom is 0.409 e. The van der Waals surface area contributed by atoms with E-state index in [0.717, 1.165) is 52.9 Å². The molecule has 7 nitrogen and oxygen atoms in total. The number of fused-ring (bicyclic) bond motifs is 2. The molecule has 2 aromatic rings. The van der Waals surface area contributed by atoms with E-state index in [1.54, 1.807) is 9.80 Å². The molecule has 0 bridgehead atoms. The number of hydrogen-bond donors (Lipinski definition) is 0. The minimum absolute atomic E-state index is 0.0601. The topological polar surface area (TPSA) is 75.1 Å². The highest BCUT2D eigenvalue weighted by molar-refractivity contribution is 6.36. The van der Waals surface area contributed by atoms with E-state index in [0.29, 0.717) is 31.7 Å². The van der Waals surface area contributed by atoms with E-state index in [9.17, 15) is 9.59 Å². The van der Waals surface area contributed by atoms with Crippen molar-refractivity contribution in [3.8, 4) is 0 Å². The van der Waals surface area contributed by atoms with Crippen molar-refractivity contribution in [3.05, 3.63) is 40.0 Å². The van der Waals surface area contributed by atoms with E-state index in [4.69, 9.17) is 21.3 Å². The minimum atomic E-state index is -0.378. The lowest BCUT2D eigenvalue weighted by Gasteiger charge is -2.34. The quantitative estimate of drug-likeness (QED) is 0.676. The van der Waals surface area contributed by atoms with Crippen molar-refractivity contribution in [3.63, 3.8) is 0 Å². The van der Waals surface area contributed by atoms with Crippen LogP contribution in [0.1, 0.15) is 41.4 Å². The summed E-state index contributed by atoms with van der Waals surface area (Å²) in [6, 6.07) is 5.42. The number of aliphatic imine (C=N–C) groups is 1. The Kier molecular flexibility index (Phi) is 6.41. The molecule has 1 saturated heterocycles. The van der Waals surface area contributed by atoms with E-state index in [-0.39, 0.29) is 24.6 Å². The first-order chi connectivity index (χ1) is 15.0. The molecule has 2 heterocycles. The van der Waals surface area contributed by atoms with Gasteiger partial charge in [-0.05, 0) is 57.0 Å². The number of aryl methyl sites for hydroxylation is 1. The zero-order chi connectivity index (χ0) is 22.0. The Bertz CT molecular complexity index is 1020. The first-order valence-corrected chi connectivity index (χ1v) is 11.1. The predicted molar refractivity (Wildman–Crippen MR) is 121 cm³/mol. The van der Waals surface area contributed by atoms with Crippen LogP contribution in [0.15, 0.2) is 23.2 Å². The van der Waals surface area contributed by atoms with Gasteiger partial charge in [-0.25, -0.2) is 4.79 Å². The van der Waals surface area contributed by atoms with Gasteiger partial charge >= 0.3 is 6.09 Å². The fourth-order valence-corrected chi connectivity index (χ4v) is 4.47. The Balaban J connectivity index is 1.43. The van der Waals surface area contributed by atoms with Gasteiger partial charge in [-0.2, -0.15) is 0 Å². The van der Waals surface area contributed by atoms with E-state index in [1.165, 1.54) is 0 Å². The zero-order valence-corrected chi connectivity index (χ0v) is 18.5. The van der Waals surface area contributed by atoms with Crippen LogP contribution >= 0.6 is 11.6 Å². The summed E-state index contributed by atoms with van der Waals surface area (Å²) in [4.78, 5) is 37.2. The van der Waals surface area contributed by atoms with Gasteiger partial charge in [-0.15, -0.1) is 0 Å². The first-order valence-electron chi connectivity index (χ1n) is 10.8. The number of piperazine rings is 1. The summed E-state index contributed by atoms with van der Waals surface area (Å²) in [6.07, 6.45) is 3.78. The van der Waals surface area contributed by atoms with Crippen molar-refractivity contribution < 1.29 is 14.3 Å².